The number of amides is 1. The van der Waals surface area contributed by atoms with Crippen LogP contribution in [-0.2, 0) is 0 Å². The van der Waals surface area contributed by atoms with Crippen molar-refractivity contribution in [2.45, 2.75) is 19.5 Å². The van der Waals surface area contributed by atoms with E-state index in [1.54, 1.807) is 0 Å². The number of para-hydroxylation sites is 1. The van der Waals surface area contributed by atoms with Crippen LogP contribution in [-0.4, -0.2) is 24.1 Å². The molecule has 0 unspecified atom stereocenters. The number of hydrogen-bond acceptors (Lipinski definition) is 4. The summed E-state index contributed by atoms with van der Waals surface area (Å²) in [4.78, 5) is 14.8. The molecule has 0 aliphatic carbocycles. The van der Waals surface area contributed by atoms with E-state index in [1.165, 1.54) is 0 Å². The number of carbonyl (C=O) groups excluding carboxylic acids is 1. The van der Waals surface area contributed by atoms with Crippen molar-refractivity contribution in [3.63, 3.8) is 0 Å². The largest absolute Gasteiger partial charge is 0.454 e. The van der Waals surface area contributed by atoms with E-state index in [4.69, 9.17) is 9.47 Å². The molecule has 2 aromatic carbocycles. The number of benzene rings is 2. The molecule has 5 nitrogen and oxygen atoms in total. The van der Waals surface area contributed by atoms with Gasteiger partial charge in [0.05, 0.1) is 10.0 Å². The Morgan fingerprint density at radius 2 is 2.12 bits per heavy atom. The van der Waals surface area contributed by atoms with Crippen molar-refractivity contribution in [3.8, 4) is 11.5 Å². The van der Waals surface area contributed by atoms with Gasteiger partial charge in [-0.1, -0.05) is 19.1 Å². The second kappa shape index (κ2) is 6.02. The fraction of sp³-hybridized carbons (Fsp3) is 0.278. The molecule has 2 aliphatic heterocycles. The Hall–Kier alpha value is -2.21. The number of carbonyl (C=O) groups is 1. The van der Waals surface area contributed by atoms with Crippen LogP contribution < -0.4 is 14.8 Å². The molecule has 0 fully saturated rings. The first kappa shape index (κ1) is 15.3. The molecule has 124 valence electrons. The van der Waals surface area contributed by atoms with E-state index in [9.17, 15) is 4.79 Å². The van der Waals surface area contributed by atoms with E-state index in [2.05, 4.69) is 28.2 Å². The molecule has 0 aromatic heterocycles. The van der Waals surface area contributed by atoms with E-state index in [1.807, 2.05) is 41.3 Å². The summed E-state index contributed by atoms with van der Waals surface area (Å²) >= 11 is 3.53. The number of anilines is 1. The highest BCUT2D eigenvalue weighted by Crippen LogP contribution is 2.43. The fourth-order valence-corrected chi connectivity index (χ4v) is 3.75. The van der Waals surface area contributed by atoms with Crippen molar-refractivity contribution in [2.75, 3.05) is 18.7 Å². The minimum absolute atomic E-state index is 0.0463. The third-order valence-electron chi connectivity index (χ3n) is 4.25. The molecular weight excluding hydrogens is 372 g/mol. The first-order valence-electron chi connectivity index (χ1n) is 7.94. The van der Waals surface area contributed by atoms with Gasteiger partial charge >= 0.3 is 0 Å². The summed E-state index contributed by atoms with van der Waals surface area (Å²) in [6, 6.07) is 11.5. The lowest BCUT2D eigenvalue weighted by Gasteiger charge is -2.38. The summed E-state index contributed by atoms with van der Waals surface area (Å²) in [5, 5.41) is 3.48. The third-order valence-corrected chi connectivity index (χ3v) is 4.84. The number of fused-ring (bicyclic) bond motifs is 2. The maximum Gasteiger partial charge on any atom is 0.257 e. The minimum Gasteiger partial charge on any atom is -0.454 e. The molecule has 24 heavy (non-hydrogen) atoms. The average molecular weight is 389 g/mol. The Balaban J connectivity index is 1.79. The molecule has 2 heterocycles. The van der Waals surface area contributed by atoms with E-state index in [0.717, 1.165) is 22.1 Å². The van der Waals surface area contributed by atoms with Crippen LogP contribution in [0.3, 0.4) is 0 Å². The minimum atomic E-state index is -0.238. The fourth-order valence-electron chi connectivity index (χ4n) is 3.17. The molecule has 0 spiro atoms. The zero-order valence-corrected chi connectivity index (χ0v) is 14.8. The Kier molecular flexibility index (Phi) is 3.84. The molecule has 2 aliphatic rings. The molecule has 0 bridgehead atoms. The number of ether oxygens (including phenoxy) is 2. The summed E-state index contributed by atoms with van der Waals surface area (Å²) in [5.74, 6) is 1.46. The van der Waals surface area contributed by atoms with Crippen molar-refractivity contribution in [1.82, 2.24) is 4.90 Å². The highest BCUT2D eigenvalue weighted by Gasteiger charge is 2.33. The molecule has 0 saturated heterocycles. The zero-order valence-electron chi connectivity index (χ0n) is 13.2. The van der Waals surface area contributed by atoms with Crippen molar-refractivity contribution >= 4 is 27.5 Å². The summed E-state index contributed by atoms with van der Waals surface area (Å²) < 4.78 is 11.8. The highest BCUT2D eigenvalue weighted by molar-refractivity contribution is 9.10. The summed E-state index contributed by atoms with van der Waals surface area (Å²) in [5.41, 5.74) is 2.53. The van der Waals surface area contributed by atoms with E-state index < -0.39 is 0 Å². The summed E-state index contributed by atoms with van der Waals surface area (Å²) in [6.45, 7) is 2.97. The van der Waals surface area contributed by atoms with E-state index >= 15 is 0 Å². The Morgan fingerprint density at radius 1 is 1.29 bits per heavy atom. The van der Waals surface area contributed by atoms with Crippen molar-refractivity contribution in [1.29, 1.82) is 0 Å². The van der Waals surface area contributed by atoms with Gasteiger partial charge in [0, 0.05) is 12.2 Å². The number of nitrogens with one attached hydrogen (secondary N) is 1. The summed E-state index contributed by atoms with van der Waals surface area (Å²) in [6.07, 6.45) is 0.649. The predicted molar refractivity (Wildman–Crippen MR) is 94.4 cm³/mol. The first-order valence-corrected chi connectivity index (χ1v) is 8.74. The molecule has 6 heteroatoms. The standard InChI is InChI=1S/C18H17BrN2O3/c1-2-7-21-17(20-14-6-4-3-5-12(14)18(21)22)11-8-13(19)16-15(9-11)23-10-24-16/h3-6,8-9,17,20H,2,7,10H2,1H3/t17-/m0/s1. The molecule has 0 radical (unpaired) electrons. The SMILES string of the molecule is CCCN1C(=O)c2ccccc2N[C@@H]1c1cc(Br)c2c(c1)OCO2. The lowest BCUT2D eigenvalue weighted by atomic mass is 10.0. The number of nitrogens with zero attached hydrogens (tertiary/aromatic N) is 1. The van der Waals surface area contributed by atoms with Gasteiger partial charge in [0.25, 0.3) is 5.91 Å². The molecule has 4 rings (SSSR count). The van der Waals surface area contributed by atoms with Crippen LogP contribution in [0.4, 0.5) is 5.69 Å². The Labute approximate surface area is 148 Å². The van der Waals surface area contributed by atoms with Crippen LogP contribution in [0.25, 0.3) is 0 Å². The second-order valence-corrected chi connectivity index (χ2v) is 6.68. The van der Waals surface area contributed by atoms with Crippen LogP contribution in [0.5, 0.6) is 11.5 Å². The first-order chi connectivity index (χ1) is 11.7. The van der Waals surface area contributed by atoms with Crippen molar-refractivity contribution in [2.24, 2.45) is 0 Å². The molecule has 0 saturated carbocycles. The van der Waals surface area contributed by atoms with Gasteiger partial charge in [0.1, 0.15) is 6.17 Å². The van der Waals surface area contributed by atoms with Crippen molar-refractivity contribution < 1.29 is 14.3 Å². The van der Waals surface area contributed by atoms with Crippen LogP contribution >= 0.6 is 15.9 Å². The van der Waals surface area contributed by atoms with Crippen LogP contribution in [0.2, 0.25) is 0 Å². The van der Waals surface area contributed by atoms with Gasteiger partial charge in [0.15, 0.2) is 11.5 Å². The number of halogens is 1. The smallest absolute Gasteiger partial charge is 0.257 e. The maximum atomic E-state index is 12.9. The zero-order chi connectivity index (χ0) is 16.7. The van der Waals surface area contributed by atoms with Crippen LogP contribution in [0.1, 0.15) is 35.4 Å². The molecule has 1 N–H and O–H groups in total. The Bertz CT molecular complexity index is 809. The number of rotatable bonds is 3. The normalized spacial score (nSPS) is 18.3. The van der Waals surface area contributed by atoms with Gasteiger partial charge in [-0.2, -0.15) is 0 Å². The van der Waals surface area contributed by atoms with E-state index in [0.29, 0.717) is 23.6 Å². The van der Waals surface area contributed by atoms with Crippen LogP contribution in [0.15, 0.2) is 40.9 Å². The van der Waals surface area contributed by atoms with Gasteiger partial charge in [-0.05, 0) is 52.2 Å². The quantitative estimate of drug-likeness (QED) is 0.857. The lowest BCUT2D eigenvalue weighted by molar-refractivity contribution is 0.0683. The molecular formula is C18H17BrN2O3. The Morgan fingerprint density at radius 3 is 2.96 bits per heavy atom. The van der Waals surface area contributed by atoms with Gasteiger partial charge < -0.3 is 19.7 Å². The second-order valence-electron chi connectivity index (χ2n) is 5.83. The molecule has 1 atom stereocenters. The third kappa shape index (κ3) is 2.41. The van der Waals surface area contributed by atoms with Gasteiger partial charge in [0.2, 0.25) is 6.79 Å². The lowest BCUT2D eigenvalue weighted by Crippen LogP contribution is -2.43. The molecule has 1 amide bonds. The number of hydrogen-bond donors (Lipinski definition) is 1. The highest BCUT2D eigenvalue weighted by atomic mass is 79.9. The maximum absolute atomic E-state index is 12.9. The average Bonchev–Trinajstić information content (AvgIpc) is 3.06. The predicted octanol–water partition coefficient (Wildman–Crippen LogP) is 4.15. The van der Waals surface area contributed by atoms with Crippen molar-refractivity contribution in [3.05, 3.63) is 52.0 Å². The van der Waals surface area contributed by atoms with E-state index in [-0.39, 0.29) is 18.9 Å². The molecule has 2 aromatic rings. The van der Waals surface area contributed by atoms with Crippen LogP contribution in [0, 0.1) is 0 Å². The van der Waals surface area contributed by atoms with Gasteiger partial charge in [-0.25, -0.2) is 0 Å². The topological polar surface area (TPSA) is 50.8 Å². The summed E-state index contributed by atoms with van der Waals surface area (Å²) in [7, 11) is 0. The monoisotopic (exact) mass is 388 g/mol. The van der Waals surface area contributed by atoms with Gasteiger partial charge in [-0.3, -0.25) is 4.79 Å². The van der Waals surface area contributed by atoms with Gasteiger partial charge in [-0.15, -0.1) is 0 Å².